The van der Waals surface area contributed by atoms with Crippen LogP contribution in [-0.2, 0) is 37.3 Å². The third-order valence-electron chi connectivity index (χ3n) is 6.99. The monoisotopic (exact) mass is 654 g/mol. The summed E-state index contributed by atoms with van der Waals surface area (Å²) in [7, 11) is -3.58. The smallest absolute Gasteiger partial charge is 0.413 e. The van der Waals surface area contributed by atoms with E-state index in [1.807, 2.05) is 6.07 Å². The highest BCUT2D eigenvalue weighted by Crippen LogP contribution is 2.40. The number of hydrogen-bond donors (Lipinski definition) is 2. The number of ether oxygens (including phenoxy) is 3. The van der Waals surface area contributed by atoms with Gasteiger partial charge in [-0.2, -0.15) is 4.31 Å². The Morgan fingerprint density at radius 1 is 1.09 bits per heavy atom. The van der Waals surface area contributed by atoms with E-state index in [-0.39, 0.29) is 23.5 Å². The largest absolute Gasteiger partial charge is 0.484 e. The van der Waals surface area contributed by atoms with Crippen molar-refractivity contribution in [1.29, 1.82) is 0 Å². The van der Waals surface area contributed by atoms with E-state index in [0.29, 0.717) is 49.3 Å². The van der Waals surface area contributed by atoms with Crippen molar-refractivity contribution in [2.45, 2.75) is 50.3 Å². The summed E-state index contributed by atoms with van der Waals surface area (Å²) in [5.41, 5.74) is 2.68. The molecule has 0 radical (unpaired) electrons. The van der Waals surface area contributed by atoms with E-state index in [2.05, 4.69) is 15.6 Å². The van der Waals surface area contributed by atoms with Crippen LogP contribution in [-0.4, -0.2) is 67.7 Å². The van der Waals surface area contributed by atoms with Crippen LogP contribution in [0.2, 0.25) is 5.02 Å². The number of nitrogens with zero attached hydrogens (tertiary/aromatic N) is 2. The third-order valence-corrected chi connectivity index (χ3v) is 9.18. The average molecular weight is 655 g/mol. The first-order valence-corrected chi connectivity index (χ1v) is 16.3. The molecule has 1 saturated heterocycles. The number of halogens is 1. The number of morpholine rings is 1. The van der Waals surface area contributed by atoms with E-state index in [1.165, 1.54) is 10.4 Å². The van der Waals surface area contributed by atoms with E-state index in [4.69, 9.17) is 25.8 Å². The molecular formula is C32H35ClN4O7S. The van der Waals surface area contributed by atoms with Crippen LogP contribution in [0.4, 0.5) is 10.6 Å². The number of anilines is 1. The van der Waals surface area contributed by atoms with Crippen LogP contribution in [0, 0.1) is 0 Å². The van der Waals surface area contributed by atoms with Gasteiger partial charge < -0.3 is 19.5 Å². The molecule has 1 atom stereocenters. The summed E-state index contributed by atoms with van der Waals surface area (Å²) >= 11 is 6.56. The van der Waals surface area contributed by atoms with Crippen LogP contribution < -0.4 is 15.4 Å². The molecule has 1 fully saturated rings. The van der Waals surface area contributed by atoms with Gasteiger partial charge in [0.25, 0.3) is 0 Å². The van der Waals surface area contributed by atoms with Crippen LogP contribution in [0.15, 0.2) is 71.8 Å². The van der Waals surface area contributed by atoms with Crippen LogP contribution in [0.3, 0.4) is 0 Å². The van der Waals surface area contributed by atoms with Crippen LogP contribution in [0.5, 0.6) is 5.75 Å². The first-order valence-electron chi connectivity index (χ1n) is 14.5. The minimum atomic E-state index is -3.58. The fourth-order valence-corrected chi connectivity index (χ4v) is 6.52. The molecule has 2 aromatic carbocycles. The van der Waals surface area contributed by atoms with Crippen LogP contribution in [0.1, 0.15) is 31.9 Å². The third kappa shape index (κ3) is 8.40. The molecule has 11 nitrogen and oxygen atoms in total. The molecule has 0 spiro atoms. The molecular weight excluding hydrogens is 620 g/mol. The Labute approximate surface area is 267 Å². The minimum Gasteiger partial charge on any atom is -0.484 e. The van der Waals surface area contributed by atoms with Gasteiger partial charge in [0.15, 0.2) is 0 Å². The molecule has 1 unspecified atom stereocenters. The Morgan fingerprint density at radius 3 is 2.49 bits per heavy atom. The first-order chi connectivity index (χ1) is 21.4. The quantitative estimate of drug-likeness (QED) is 0.326. The zero-order chi connectivity index (χ0) is 32.2. The molecule has 0 bridgehead atoms. The zero-order valence-corrected chi connectivity index (χ0v) is 26.8. The maximum Gasteiger partial charge on any atom is 0.413 e. The van der Waals surface area contributed by atoms with E-state index in [0.717, 1.165) is 22.3 Å². The van der Waals surface area contributed by atoms with Crippen molar-refractivity contribution in [2.75, 3.05) is 31.6 Å². The predicted molar refractivity (Wildman–Crippen MR) is 170 cm³/mol. The van der Waals surface area contributed by atoms with Crippen molar-refractivity contribution in [3.05, 3.63) is 83.0 Å². The molecule has 1 aromatic heterocycles. The molecule has 3 heterocycles. The fourth-order valence-electron chi connectivity index (χ4n) is 4.83. The maximum absolute atomic E-state index is 13.0. The summed E-state index contributed by atoms with van der Waals surface area (Å²) in [4.78, 5) is 28.8. The van der Waals surface area contributed by atoms with Crippen molar-refractivity contribution < 1.29 is 32.2 Å². The van der Waals surface area contributed by atoms with Crippen LogP contribution in [0.25, 0.3) is 11.1 Å². The number of amides is 2. The topological polar surface area (TPSA) is 136 Å². The number of benzene rings is 2. The van der Waals surface area contributed by atoms with Crippen molar-refractivity contribution in [1.82, 2.24) is 14.6 Å². The molecule has 13 heteroatoms. The lowest BCUT2D eigenvalue weighted by molar-refractivity contribution is -0.116. The van der Waals surface area contributed by atoms with Crippen molar-refractivity contribution in [3.8, 4) is 16.9 Å². The number of carbonyl (C=O) groups is 2. The molecule has 2 aliphatic rings. The average Bonchev–Trinajstić information content (AvgIpc) is 3.43. The first kappa shape index (κ1) is 32.4. The molecule has 0 saturated carbocycles. The van der Waals surface area contributed by atoms with Gasteiger partial charge in [-0.15, -0.1) is 0 Å². The Morgan fingerprint density at radius 2 is 1.82 bits per heavy atom. The van der Waals surface area contributed by atoms with Gasteiger partial charge in [0.05, 0.1) is 23.1 Å². The van der Waals surface area contributed by atoms with Gasteiger partial charge >= 0.3 is 6.09 Å². The number of aromatic nitrogens is 1. The molecule has 3 aromatic rings. The van der Waals surface area contributed by atoms with E-state index < -0.39 is 21.7 Å². The van der Waals surface area contributed by atoms with Crippen molar-refractivity contribution in [3.63, 3.8) is 0 Å². The number of hydrogen-bond acceptors (Lipinski definition) is 8. The standard InChI is InChI=1S/C32H35ClN4O7S/c1-32(2,3)44-31(39)36-28-10-4-21(19-34-28)20-35-29(38)11-7-25-17-24-16-23(18-27(33)30(24)43-25)22-5-8-26(9-6-22)45(40,41)37-12-14-42-15-13-37/h4-11,16,18-19,25H,12-15,17,20H2,1-3H3,(H,35,38)(H,34,36,39)/b11-7+. The van der Waals surface area contributed by atoms with Gasteiger partial charge in [0, 0.05) is 43.9 Å². The second-order valence-electron chi connectivity index (χ2n) is 11.6. The lowest BCUT2D eigenvalue weighted by Crippen LogP contribution is -2.40. The predicted octanol–water partition coefficient (Wildman–Crippen LogP) is 4.95. The zero-order valence-electron chi connectivity index (χ0n) is 25.2. The lowest BCUT2D eigenvalue weighted by atomic mass is 10.0. The molecule has 2 amide bonds. The summed E-state index contributed by atoms with van der Waals surface area (Å²) in [6.45, 7) is 7.02. The molecule has 238 valence electrons. The Balaban J connectivity index is 1.14. The van der Waals surface area contributed by atoms with Crippen molar-refractivity contribution in [2.24, 2.45) is 0 Å². The highest BCUT2D eigenvalue weighted by Gasteiger charge is 2.27. The number of carbonyl (C=O) groups excluding carboxylic acids is 2. The minimum absolute atomic E-state index is 0.232. The van der Waals surface area contributed by atoms with Gasteiger partial charge in [0.2, 0.25) is 15.9 Å². The molecule has 0 aliphatic carbocycles. The van der Waals surface area contributed by atoms with Gasteiger partial charge in [-0.1, -0.05) is 29.8 Å². The number of rotatable bonds is 8. The Hall–Kier alpha value is -3.97. The normalized spacial score (nSPS) is 17.0. The Kier molecular flexibility index (Phi) is 9.78. The summed E-state index contributed by atoms with van der Waals surface area (Å²) in [6.07, 6.45) is 4.21. The molecule has 5 rings (SSSR count). The fraction of sp³-hybridized carbons (Fsp3) is 0.344. The SMILES string of the molecule is CC(C)(C)OC(=O)Nc1ccc(CNC(=O)/C=C/C2Cc3cc(-c4ccc(S(=O)(=O)N5CCOCC5)cc4)cc(Cl)c3O2)cn1. The maximum atomic E-state index is 13.0. The number of nitrogens with one attached hydrogen (secondary N) is 2. The Bertz CT molecular complexity index is 1680. The van der Waals surface area contributed by atoms with E-state index in [9.17, 15) is 18.0 Å². The highest BCUT2D eigenvalue weighted by atomic mass is 35.5. The highest BCUT2D eigenvalue weighted by molar-refractivity contribution is 7.89. The number of pyridine rings is 1. The summed E-state index contributed by atoms with van der Waals surface area (Å²) in [5, 5.41) is 5.80. The van der Waals surface area contributed by atoms with Gasteiger partial charge in [0.1, 0.15) is 23.3 Å². The second-order valence-corrected chi connectivity index (χ2v) is 13.9. The lowest BCUT2D eigenvalue weighted by Gasteiger charge is -2.26. The van der Waals surface area contributed by atoms with Gasteiger partial charge in [-0.05, 0) is 73.9 Å². The van der Waals surface area contributed by atoms with E-state index in [1.54, 1.807) is 75.5 Å². The summed E-state index contributed by atoms with van der Waals surface area (Å²) in [5.74, 6) is 0.602. The van der Waals surface area contributed by atoms with Crippen LogP contribution >= 0.6 is 11.6 Å². The summed E-state index contributed by atoms with van der Waals surface area (Å²) < 4.78 is 43.8. The van der Waals surface area contributed by atoms with Crippen molar-refractivity contribution >= 4 is 39.4 Å². The van der Waals surface area contributed by atoms with Gasteiger partial charge in [-0.25, -0.2) is 18.2 Å². The number of fused-ring (bicyclic) bond motifs is 1. The second kappa shape index (κ2) is 13.6. The van der Waals surface area contributed by atoms with E-state index >= 15 is 0 Å². The molecule has 2 N–H and O–H groups in total. The number of sulfonamides is 1. The molecule has 45 heavy (non-hydrogen) atoms. The molecule has 2 aliphatic heterocycles. The van der Waals surface area contributed by atoms with Gasteiger partial charge in [-0.3, -0.25) is 10.1 Å². The summed E-state index contributed by atoms with van der Waals surface area (Å²) in [6, 6.07) is 13.9.